The zero-order valence-corrected chi connectivity index (χ0v) is 12.2. The van der Waals surface area contributed by atoms with Crippen molar-refractivity contribution in [2.24, 2.45) is 11.7 Å². The molecular weight excluding hydrogens is 280 g/mol. The predicted molar refractivity (Wildman–Crippen MR) is 74.9 cm³/mol. The van der Waals surface area contributed by atoms with E-state index in [1.165, 1.54) is 0 Å². The number of ether oxygens (including phenoxy) is 1. The molecule has 0 bridgehead atoms. The molecule has 0 heterocycles. The van der Waals surface area contributed by atoms with E-state index in [9.17, 15) is 14.1 Å². The van der Waals surface area contributed by atoms with E-state index in [2.05, 4.69) is 4.72 Å². The molecule has 1 aromatic rings. The summed E-state index contributed by atoms with van der Waals surface area (Å²) in [5.41, 5.74) is 4.93. The van der Waals surface area contributed by atoms with Gasteiger partial charge in [-0.25, -0.2) is 4.79 Å². The topological polar surface area (TPSA) is 104 Å². The van der Waals surface area contributed by atoms with Gasteiger partial charge in [-0.3, -0.25) is 4.79 Å². The smallest absolute Gasteiger partial charge is 0.405 e. The van der Waals surface area contributed by atoms with Crippen LogP contribution >= 0.6 is 0 Å². The Labute approximate surface area is 121 Å². The molecule has 1 aromatic carbocycles. The van der Waals surface area contributed by atoms with Crippen molar-refractivity contribution in [3.8, 4) is 0 Å². The molecule has 0 saturated carbocycles. The van der Waals surface area contributed by atoms with E-state index >= 15 is 0 Å². The highest BCUT2D eigenvalue weighted by Gasteiger charge is 2.27. The van der Waals surface area contributed by atoms with Crippen LogP contribution in [0.2, 0.25) is 0 Å². The Bertz CT molecular complexity index is 453. The van der Waals surface area contributed by atoms with Crippen LogP contribution < -0.4 is 10.5 Å². The Hall–Kier alpha value is -1.73. The van der Waals surface area contributed by atoms with E-state index in [0.29, 0.717) is 11.3 Å². The Balaban J connectivity index is 2.67. The Kier molecular flexibility index (Phi) is 6.33. The lowest BCUT2D eigenvalue weighted by Crippen LogP contribution is -2.42. The number of hydrogen-bond donors (Lipinski definition) is 2. The van der Waals surface area contributed by atoms with Crippen LogP contribution in [0.5, 0.6) is 0 Å². The van der Waals surface area contributed by atoms with Gasteiger partial charge in [-0.1, -0.05) is 32.0 Å². The van der Waals surface area contributed by atoms with Crippen molar-refractivity contribution in [1.29, 1.82) is 0 Å². The summed E-state index contributed by atoms with van der Waals surface area (Å²) in [5, 5.41) is 0. The maximum Gasteiger partial charge on any atom is 0.405 e. The minimum absolute atomic E-state index is 0.121. The number of carbonyl (C=O) groups excluding carboxylic acids is 2. The van der Waals surface area contributed by atoms with Crippen LogP contribution in [0, 0.1) is 5.92 Å². The first kappa shape index (κ1) is 16.3. The average molecular weight is 298 g/mol. The van der Waals surface area contributed by atoms with Gasteiger partial charge in [0.25, 0.3) is 0 Å². The Morgan fingerprint density at radius 3 is 2.45 bits per heavy atom. The number of rotatable bonds is 6. The molecule has 0 aromatic heterocycles. The van der Waals surface area contributed by atoms with Gasteiger partial charge in [-0.15, -0.1) is 0 Å². The molecule has 0 aliphatic rings. The summed E-state index contributed by atoms with van der Waals surface area (Å²) < 4.78 is 19.0. The molecule has 6 nitrogen and oxygen atoms in total. The number of nitrogens with one attached hydrogen (secondary N) is 1. The summed E-state index contributed by atoms with van der Waals surface area (Å²) in [5.74, 6) is -0.505. The van der Waals surface area contributed by atoms with Crippen molar-refractivity contribution < 1.29 is 18.9 Å². The number of nitrogens with two attached hydrogens (primary N) is 1. The third kappa shape index (κ3) is 5.50. The predicted octanol–water partition coefficient (Wildman–Crippen LogP) is 1.34. The standard InChI is InChI=1S/C13H18N2O4S/c1-9(2)8-11(19-13(14)17)12(16)15-20(18)10-6-4-3-5-7-10/h3-7,9,11H,8H2,1-2H3,(H2,14,17)(H,15,16). The average Bonchev–Trinajstić information content (AvgIpc) is 2.37. The van der Waals surface area contributed by atoms with E-state index in [1.807, 2.05) is 13.8 Å². The van der Waals surface area contributed by atoms with E-state index < -0.39 is 29.5 Å². The molecule has 2 amide bonds. The van der Waals surface area contributed by atoms with Gasteiger partial charge < -0.3 is 15.0 Å². The lowest BCUT2D eigenvalue weighted by atomic mass is 10.1. The molecule has 3 N–H and O–H groups in total. The number of primary amides is 1. The minimum atomic E-state index is -1.70. The van der Waals surface area contributed by atoms with Crippen molar-refractivity contribution >= 4 is 23.4 Å². The maximum absolute atomic E-state index is 12.0. The highest BCUT2D eigenvalue weighted by atomic mass is 32.2. The van der Waals surface area contributed by atoms with Crippen molar-refractivity contribution in [1.82, 2.24) is 4.72 Å². The molecule has 110 valence electrons. The van der Waals surface area contributed by atoms with Crippen molar-refractivity contribution in [2.45, 2.75) is 31.3 Å². The molecule has 0 saturated heterocycles. The van der Waals surface area contributed by atoms with Crippen LogP contribution in [0.3, 0.4) is 0 Å². The summed E-state index contributed by atoms with van der Waals surface area (Å²) in [4.78, 5) is 23.2. The van der Waals surface area contributed by atoms with Crippen LogP contribution in [-0.2, 0) is 20.9 Å². The molecule has 20 heavy (non-hydrogen) atoms. The Morgan fingerprint density at radius 2 is 1.95 bits per heavy atom. The van der Waals surface area contributed by atoms with Crippen LogP contribution in [0.25, 0.3) is 0 Å². The van der Waals surface area contributed by atoms with E-state index in [-0.39, 0.29) is 5.92 Å². The Morgan fingerprint density at radius 1 is 1.35 bits per heavy atom. The number of benzene rings is 1. The number of carbonyl (C=O) groups is 2. The summed E-state index contributed by atoms with van der Waals surface area (Å²) in [6.07, 6.45) is -1.77. The van der Waals surface area contributed by atoms with Gasteiger partial charge in [0.1, 0.15) is 11.4 Å². The largest absolute Gasteiger partial charge is 0.588 e. The number of amides is 2. The van der Waals surface area contributed by atoms with E-state index in [1.54, 1.807) is 30.3 Å². The van der Waals surface area contributed by atoms with Gasteiger partial charge in [0.05, 0.1) is 0 Å². The molecule has 0 radical (unpaired) electrons. The highest BCUT2D eigenvalue weighted by molar-refractivity contribution is 7.90. The van der Waals surface area contributed by atoms with Crippen molar-refractivity contribution in [3.63, 3.8) is 0 Å². The summed E-state index contributed by atoms with van der Waals surface area (Å²) in [6.45, 7) is 3.75. The molecule has 0 fully saturated rings. The zero-order chi connectivity index (χ0) is 15.1. The second-order valence-electron chi connectivity index (χ2n) is 4.60. The van der Waals surface area contributed by atoms with Crippen molar-refractivity contribution in [3.05, 3.63) is 30.3 Å². The zero-order valence-electron chi connectivity index (χ0n) is 11.4. The fraction of sp³-hybridized carbons (Fsp3) is 0.385. The molecule has 7 heteroatoms. The molecule has 2 atom stereocenters. The molecule has 0 aliphatic heterocycles. The molecule has 0 aliphatic carbocycles. The summed E-state index contributed by atoms with van der Waals surface area (Å²) in [6, 6.07) is 8.46. The summed E-state index contributed by atoms with van der Waals surface area (Å²) >= 11 is -1.70. The fourth-order valence-corrected chi connectivity index (χ4v) is 2.37. The van der Waals surface area contributed by atoms with Crippen LogP contribution in [0.4, 0.5) is 4.79 Å². The first-order valence-corrected chi connectivity index (χ1v) is 7.28. The first-order chi connectivity index (χ1) is 9.40. The van der Waals surface area contributed by atoms with Crippen molar-refractivity contribution in [2.75, 3.05) is 0 Å². The second kappa shape index (κ2) is 7.76. The molecule has 1 rings (SSSR count). The van der Waals surface area contributed by atoms with Gasteiger partial charge in [-0.2, -0.15) is 4.72 Å². The van der Waals surface area contributed by atoms with Gasteiger partial charge in [0.2, 0.25) is 0 Å². The summed E-state index contributed by atoms with van der Waals surface area (Å²) in [7, 11) is 0. The third-order valence-corrected chi connectivity index (χ3v) is 3.47. The molecule has 2 unspecified atom stereocenters. The lowest BCUT2D eigenvalue weighted by molar-refractivity contribution is -0.128. The quantitative estimate of drug-likeness (QED) is 0.773. The monoisotopic (exact) mass is 298 g/mol. The lowest BCUT2D eigenvalue weighted by Gasteiger charge is -2.18. The van der Waals surface area contributed by atoms with Crippen LogP contribution in [-0.4, -0.2) is 22.7 Å². The molecular formula is C13H18N2O4S. The van der Waals surface area contributed by atoms with E-state index in [0.717, 1.165) is 0 Å². The van der Waals surface area contributed by atoms with Gasteiger partial charge in [0, 0.05) is 0 Å². The highest BCUT2D eigenvalue weighted by Crippen LogP contribution is 2.12. The fourth-order valence-electron chi connectivity index (χ4n) is 1.54. The van der Waals surface area contributed by atoms with Gasteiger partial charge in [0.15, 0.2) is 11.0 Å². The SMILES string of the molecule is CC(C)CC(OC(N)=O)C(=O)N[S+]([O-])c1ccccc1. The van der Waals surface area contributed by atoms with Gasteiger partial charge in [-0.05, 0) is 24.5 Å². The maximum atomic E-state index is 12.0. The van der Waals surface area contributed by atoms with E-state index in [4.69, 9.17) is 10.5 Å². The normalized spacial score (nSPS) is 13.6. The first-order valence-electron chi connectivity index (χ1n) is 6.13. The van der Waals surface area contributed by atoms with Crippen LogP contribution in [0.15, 0.2) is 35.2 Å². The van der Waals surface area contributed by atoms with Gasteiger partial charge >= 0.3 is 12.0 Å². The molecule has 0 spiro atoms. The van der Waals surface area contributed by atoms with Crippen LogP contribution in [0.1, 0.15) is 20.3 Å². The third-order valence-electron chi connectivity index (χ3n) is 2.39. The number of hydrogen-bond acceptors (Lipinski definition) is 4. The second-order valence-corrected chi connectivity index (χ2v) is 5.82. The minimum Gasteiger partial charge on any atom is -0.588 e.